The third-order valence-corrected chi connectivity index (χ3v) is 8.11. The number of carbonyl (C=O) groups excluding carboxylic acids is 2. The van der Waals surface area contributed by atoms with Gasteiger partial charge in [0.1, 0.15) is 5.01 Å². The molecular weight excluding hydrogens is 500 g/mol. The Morgan fingerprint density at radius 3 is 2.45 bits per heavy atom. The molecule has 10 nitrogen and oxygen atoms in total. The molecule has 11 heteroatoms. The third kappa shape index (κ3) is 5.02. The first-order valence-corrected chi connectivity index (χ1v) is 13.6. The topological polar surface area (TPSA) is 118 Å². The summed E-state index contributed by atoms with van der Waals surface area (Å²) in [4.78, 5) is 37.7. The van der Waals surface area contributed by atoms with E-state index in [4.69, 9.17) is 4.98 Å². The van der Waals surface area contributed by atoms with Crippen LogP contribution in [-0.2, 0) is 5.41 Å². The molecule has 2 amide bonds. The predicted molar refractivity (Wildman–Crippen MR) is 146 cm³/mol. The smallest absolute Gasteiger partial charge is 0.259 e. The maximum absolute atomic E-state index is 13.4. The highest BCUT2D eigenvalue weighted by atomic mass is 32.1. The van der Waals surface area contributed by atoms with Gasteiger partial charge in [-0.1, -0.05) is 32.1 Å². The number of likely N-dealkylation sites (tertiary alicyclic amines) is 1. The molecule has 1 aliphatic heterocycles. The fraction of sp³-hybridized carbons (Fsp3) is 0.444. The van der Waals surface area contributed by atoms with Gasteiger partial charge in [0.25, 0.3) is 11.8 Å². The second-order valence-corrected chi connectivity index (χ2v) is 11.9. The molecule has 0 atom stereocenters. The Kier molecular flexibility index (Phi) is 6.72. The lowest BCUT2D eigenvalue weighted by molar-refractivity contribution is 0.0709. The zero-order valence-corrected chi connectivity index (χ0v) is 23.4. The molecule has 0 bridgehead atoms. The van der Waals surface area contributed by atoms with Crippen molar-refractivity contribution in [1.82, 2.24) is 34.7 Å². The Morgan fingerprint density at radius 1 is 1.03 bits per heavy atom. The minimum atomic E-state index is -0.243. The summed E-state index contributed by atoms with van der Waals surface area (Å²) < 4.78 is 1.72. The Balaban J connectivity index is 1.31. The maximum atomic E-state index is 13.4. The van der Waals surface area contributed by atoms with Gasteiger partial charge in [-0.25, -0.2) is 9.50 Å². The molecule has 0 radical (unpaired) electrons. The highest BCUT2D eigenvalue weighted by Crippen LogP contribution is 2.32. The van der Waals surface area contributed by atoms with Crippen molar-refractivity contribution in [1.29, 1.82) is 0 Å². The van der Waals surface area contributed by atoms with Crippen LogP contribution in [0.15, 0.2) is 24.4 Å². The number of nitrogens with one attached hydrogen (secondary N) is 1. The lowest BCUT2D eigenvalue weighted by Gasteiger charge is -2.32. The van der Waals surface area contributed by atoms with Crippen molar-refractivity contribution in [2.24, 2.45) is 0 Å². The Bertz CT molecular complexity index is 1530. The molecule has 1 N–H and O–H groups in total. The summed E-state index contributed by atoms with van der Waals surface area (Å²) in [5.74, 6) is -0.230. The number of anilines is 1. The van der Waals surface area contributed by atoms with Crippen LogP contribution in [0.3, 0.4) is 0 Å². The predicted octanol–water partition coefficient (Wildman–Crippen LogP) is 4.47. The summed E-state index contributed by atoms with van der Waals surface area (Å²) in [7, 11) is 0. The average molecular weight is 533 g/mol. The molecule has 1 saturated heterocycles. The normalized spacial score (nSPS) is 14.7. The van der Waals surface area contributed by atoms with Crippen molar-refractivity contribution >= 4 is 33.9 Å². The zero-order valence-electron chi connectivity index (χ0n) is 22.6. The van der Waals surface area contributed by atoms with Gasteiger partial charge in [-0.15, -0.1) is 10.2 Å². The van der Waals surface area contributed by atoms with E-state index in [1.165, 1.54) is 11.3 Å². The van der Waals surface area contributed by atoms with E-state index in [1.807, 2.05) is 43.9 Å². The summed E-state index contributed by atoms with van der Waals surface area (Å²) in [5.41, 5.74) is 4.94. The Morgan fingerprint density at radius 2 is 1.76 bits per heavy atom. The number of aryl methyl sites for hydroxylation is 3. The highest BCUT2D eigenvalue weighted by Gasteiger charge is 2.30. The highest BCUT2D eigenvalue weighted by molar-refractivity contribution is 7.15. The molecular formula is C27H32N8O2S. The lowest BCUT2D eigenvalue weighted by atomic mass is 9.89. The summed E-state index contributed by atoms with van der Waals surface area (Å²) in [6.07, 6.45) is 3.07. The van der Waals surface area contributed by atoms with E-state index in [1.54, 1.807) is 10.7 Å². The van der Waals surface area contributed by atoms with E-state index in [9.17, 15) is 9.59 Å². The average Bonchev–Trinajstić information content (AvgIpc) is 3.50. The molecule has 198 valence electrons. The van der Waals surface area contributed by atoms with Crippen molar-refractivity contribution in [3.05, 3.63) is 63.3 Å². The van der Waals surface area contributed by atoms with E-state index < -0.39 is 0 Å². The van der Waals surface area contributed by atoms with Gasteiger partial charge in [0.15, 0.2) is 5.65 Å². The van der Waals surface area contributed by atoms with Gasteiger partial charge < -0.3 is 4.90 Å². The SMILES string of the molecule is Cc1ccc(C(=O)Nc2nnc(C(C)(C)C)s2)c(C2CCN(C(=O)c3cnc4cc(C)nn4c3C)CC2)n1. The standard InChI is InChI=1S/C27H32N8O2S/c1-15-7-8-19(23(36)30-26-32-31-25(38-26)27(4,5)6)22(29-15)18-9-11-34(12-10-18)24(37)20-14-28-21-13-16(2)33-35(21)17(20)3/h7-8,13-14,18H,9-12H2,1-6H3,(H,30,32,36). The molecule has 0 aliphatic carbocycles. The Hall–Kier alpha value is -3.73. The third-order valence-electron chi connectivity index (χ3n) is 6.84. The van der Waals surface area contributed by atoms with Crippen LogP contribution < -0.4 is 5.32 Å². The van der Waals surface area contributed by atoms with Gasteiger partial charge >= 0.3 is 0 Å². The van der Waals surface area contributed by atoms with E-state index >= 15 is 0 Å². The monoisotopic (exact) mass is 532 g/mol. The van der Waals surface area contributed by atoms with Crippen molar-refractivity contribution in [3.63, 3.8) is 0 Å². The molecule has 0 unspecified atom stereocenters. The number of hydrogen-bond donors (Lipinski definition) is 1. The fourth-order valence-corrected chi connectivity index (χ4v) is 5.52. The largest absolute Gasteiger partial charge is 0.338 e. The van der Waals surface area contributed by atoms with Crippen LogP contribution in [0.25, 0.3) is 5.65 Å². The van der Waals surface area contributed by atoms with Crippen LogP contribution in [0, 0.1) is 20.8 Å². The Labute approximate surface area is 225 Å². The number of nitrogens with zero attached hydrogens (tertiary/aromatic N) is 7. The fourth-order valence-electron chi connectivity index (χ4n) is 4.72. The molecule has 4 aromatic rings. The number of aromatic nitrogens is 6. The maximum Gasteiger partial charge on any atom is 0.259 e. The van der Waals surface area contributed by atoms with E-state index in [-0.39, 0.29) is 23.1 Å². The van der Waals surface area contributed by atoms with Crippen molar-refractivity contribution in [2.75, 3.05) is 18.4 Å². The van der Waals surface area contributed by atoms with Gasteiger partial charge in [-0.3, -0.25) is 19.9 Å². The van der Waals surface area contributed by atoms with Crippen molar-refractivity contribution < 1.29 is 9.59 Å². The molecule has 5 heterocycles. The zero-order chi connectivity index (χ0) is 27.2. The number of rotatable bonds is 4. The van der Waals surface area contributed by atoms with Gasteiger partial charge in [0.05, 0.1) is 28.2 Å². The van der Waals surface area contributed by atoms with Crippen LogP contribution in [0.5, 0.6) is 0 Å². The summed E-state index contributed by atoms with van der Waals surface area (Å²) in [6, 6.07) is 5.57. The van der Waals surface area contributed by atoms with Crippen LogP contribution in [0.4, 0.5) is 5.13 Å². The van der Waals surface area contributed by atoms with Crippen molar-refractivity contribution in [3.8, 4) is 0 Å². The molecule has 4 aromatic heterocycles. The molecule has 0 aromatic carbocycles. The summed E-state index contributed by atoms with van der Waals surface area (Å²) in [5, 5.41) is 17.1. The molecule has 0 saturated carbocycles. The van der Waals surface area contributed by atoms with Crippen LogP contribution in [-0.4, -0.2) is 59.6 Å². The quantitative estimate of drug-likeness (QED) is 0.412. The number of fused-ring (bicyclic) bond motifs is 1. The minimum Gasteiger partial charge on any atom is -0.338 e. The van der Waals surface area contributed by atoms with Gasteiger partial charge in [0.2, 0.25) is 5.13 Å². The first-order valence-electron chi connectivity index (χ1n) is 12.8. The van der Waals surface area contributed by atoms with Crippen molar-refractivity contribution in [2.45, 2.75) is 65.7 Å². The molecule has 0 spiro atoms. The number of hydrogen-bond acceptors (Lipinski definition) is 8. The van der Waals surface area contributed by atoms with E-state index in [0.717, 1.165) is 33.4 Å². The molecule has 5 rings (SSSR count). The van der Waals surface area contributed by atoms with Gasteiger partial charge in [-0.05, 0) is 45.7 Å². The number of amides is 2. The van der Waals surface area contributed by atoms with Crippen LogP contribution >= 0.6 is 11.3 Å². The van der Waals surface area contributed by atoms with E-state index in [0.29, 0.717) is 42.2 Å². The number of carbonyl (C=O) groups is 2. The van der Waals surface area contributed by atoms with Crippen LogP contribution in [0.2, 0.25) is 0 Å². The molecule has 1 aliphatic rings. The number of pyridine rings is 1. The first-order chi connectivity index (χ1) is 18.0. The summed E-state index contributed by atoms with van der Waals surface area (Å²) in [6.45, 7) is 13.1. The van der Waals surface area contributed by atoms with Gasteiger partial charge in [0, 0.05) is 42.4 Å². The minimum absolute atomic E-state index is 0.0513. The van der Waals surface area contributed by atoms with Crippen LogP contribution in [0.1, 0.15) is 88.0 Å². The first kappa shape index (κ1) is 25.9. The molecule has 38 heavy (non-hydrogen) atoms. The number of piperidine rings is 1. The van der Waals surface area contributed by atoms with Gasteiger partial charge in [-0.2, -0.15) is 5.10 Å². The lowest BCUT2D eigenvalue weighted by Crippen LogP contribution is -2.39. The summed E-state index contributed by atoms with van der Waals surface area (Å²) >= 11 is 1.38. The van der Waals surface area contributed by atoms with E-state index in [2.05, 4.69) is 46.4 Å². The second kappa shape index (κ2) is 9.86. The molecule has 1 fully saturated rings. The second-order valence-electron chi connectivity index (χ2n) is 10.9.